The number of aryl methyl sites for hydroxylation is 3. The number of hydrogen-bond acceptors (Lipinski definition) is 5. The molecule has 0 aromatic heterocycles. The lowest BCUT2D eigenvalue weighted by Crippen LogP contribution is -2.38. The lowest BCUT2D eigenvalue weighted by atomic mass is 10.0. The maximum Gasteiger partial charge on any atom is 0.410 e. The highest BCUT2D eigenvalue weighted by atomic mass is 16.6. The van der Waals surface area contributed by atoms with Crippen LogP contribution in [-0.4, -0.2) is 42.1 Å². The Bertz CT molecular complexity index is 1200. The average molecular weight is 637 g/mol. The van der Waals surface area contributed by atoms with Gasteiger partial charge in [0.15, 0.2) is 5.78 Å². The number of ketones is 1. The Balaban J connectivity index is 0.000000533. The molecule has 6 heteroatoms. The van der Waals surface area contributed by atoms with E-state index in [1.807, 2.05) is 37.8 Å². The summed E-state index contributed by atoms with van der Waals surface area (Å²) in [6.07, 6.45) is 11.1. The summed E-state index contributed by atoms with van der Waals surface area (Å²) >= 11 is 0. The van der Waals surface area contributed by atoms with Crippen LogP contribution in [0.25, 0.3) is 0 Å². The SMILES string of the molecule is CCC/C=C(/Nc1ccc(CCCCOc2cccc(CC)c2)cc1C)C(C)=O.CCCN(CCC(C)CC)C(=O)OC(C)(C)C. The van der Waals surface area contributed by atoms with Gasteiger partial charge in [-0.05, 0) is 113 Å². The van der Waals surface area contributed by atoms with Crippen molar-refractivity contribution in [1.29, 1.82) is 0 Å². The molecule has 2 aromatic rings. The van der Waals surface area contributed by atoms with Gasteiger partial charge in [0.25, 0.3) is 0 Å². The summed E-state index contributed by atoms with van der Waals surface area (Å²) in [4.78, 5) is 25.6. The number of nitrogens with one attached hydrogen (secondary N) is 1. The van der Waals surface area contributed by atoms with E-state index in [0.29, 0.717) is 11.6 Å². The van der Waals surface area contributed by atoms with Gasteiger partial charge in [0.05, 0.1) is 12.3 Å². The van der Waals surface area contributed by atoms with Crippen molar-refractivity contribution in [1.82, 2.24) is 4.90 Å². The monoisotopic (exact) mass is 636 g/mol. The molecular formula is C40H64N2O4. The molecule has 0 aliphatic heterocycles. The van der Waals surface area contributed by atoms with Crippen LogP contribution in [0.4, 0.5) is 10.5 Å². The topological polar surface area (TPSA) is 67.9 Å². The molecule has 0 spiro atoms. The first-order valence-corrected chi connectivity index (χ1v) is 17.6. The standard InChI is InChI=1S/C26H35NO2.C14H29NO2/c1-5-7-14-26(21(4)28)27-25-16-15-23(18-20(25)3)11-8-9-17-29-24-13-10-12-22(6-2)19-24;1-7-10-15(11-9-12(3)8-2)13(16)17-14(4,5)6/h10,12-16,18-19,27H,5-9,11,17H2,1-4H3;12H,7-11H2,1-6H3/b26-14+;. The maximum absolute atomic E-state index is 12.0. The number of rotatable bonds is 18. The number of anilines is 1. The fourth-order valence-corrected chi connectivity index (χ4v) is 4.69. The fraction of sp³-hybridized carbons (Fsp3) is 0.600. The van der Waals surface area contributed by atoms with Gasteiger partial charge in [-0.1, -0.05) is 77.8 Å². The Labute approximate surface area is 281 Å². The summed E-state index contributed by atoms with van der Waals surface area (Å²) < 4.78 is 11.3. The van der Waals surface area contributed by atoms with E-state index in [1.165, 1.54) is 16.7 Å². The van der Waals surface area contributed by atoms with Crippen molar-refractivity contribution < 1.29 is 19.1 Å². The first-order chi connectivity index (χ1) is 21.8. The van der Waals surface area contributed by atoms with E-state index in [0.717, 1.165) is 88.9 Å². The Kier molecular flexibility index (Phi) is 19.7. The predicted octanol–water partition coefficient (Wildman–Crippen LogP) is 10.7. The quantitative estimate of drug-likeness (QED) is 0.130. The van der Waals surface area contributed by atoms with Crippen LogP contribution >= 0.6 is 0 Å². The third-order valence-electron chi connectivity index (χ3n) is 7.75. The predicted molar refractivity (Wildman–Crippen MR) is 195 cm³/mol. The van der Waals surface area contributed by atoms with Crippen LogP contribution in [0, 0.1) is 12.8 Å². The molecule has 2 aromatic carbocycles. The lowest BCUT2D eigenvalue weighted by Gasteiger charge is -2.27. The number of nitrogens with zero attached hydrogens (tertiary/aromatic N) is 1. The summed E-state index contributed by atoms with van der Waals surface area (Å²) in [6.45, 7) is 22.5. The summed E-state index contributed by atoms with van der Waals surface area (Å²) in [5.41, 5.74) is 5.09. The Morgan fingerprint density at radius 3 is 2.28 bits per heavy atom. The number of carbonyl (C=O) groups is 2. The van der Waals surface area contributed by atoms with E-state index in [9.17, 15) is 9.59 Å². The molecule has 0 heterocycles. The second-order valence-corrected chi connectivity index (χ2v) is 13.3. The fourth-order valence-electron chi connectivity index (χ4n) is 4.69. The van der Waals surface area contributed by atoms with Crippen molar-refractivity contribution in [2.75, 3.05) is 25.0 Å². The molecule has 1 amide bonds. The van der Waals surface area contributed by atoms with E-state index in [4.69, 9.17) is 9.47 Å². The van der Waals surface area contributed by atoms with Crippen molar-refractivity contribution in [3.05, 3.63) is 70.9 Å². The molecule has 1 unspecified atom stereocenters. The van der Waals surface area contributed by atoms with Crippen molar-refractivity contribution >= 4 is 17.6 Å². The van der Waals surface area contributed by atoms with Crippen LogP contribution in [-0.2, 0) is 22.4 Å². The number of hydrogen-bond donors (Lipinski definition) is 1. The van der Waals surface area contributed by atoms with Gasteiger partial charge < -0.3 is 19.7 Å². The third-order valence-corrected chi connectivity index (χ3v) is 7.75. The number of benzene rings is 2. The molecule has 0 radical (unpaired) electrons. The minimum Gasteiger partial charge on any atom is -0.494 e. The van der Waals surface area contributed by atoms with E-state index in [-0.39, 0.29) is 11.9 Å². The third kappa shape index (κ3) is 17.4. The van der Waals surface area contributed by atoms with E-state index >= 15 is 0 Å². The smallest absolute Gasteiger partial charge is 0.410 e. The van der Waals surface area contributed by atoms with Crippen molar-refractivity contribution in [2.45, 2.75) is 133 Å². The zero-order chi connectivity index (χ0) is 34.5. The summed E-state index contributed by atoms with van der Waals surface area (Å²) in [7, 11) is 0. The molecule has 0 fully saturated rings. The molecule has 0 bridgehead atoms. The minimum atomic E-state index is -0.403. The van der Waals surface area contributed by atoms with Gasteiger partial charge >= 0.3 is 6.09 Å². The van der Waals surface area contributed by atoms with Gasteiger partial charge in [0.1, 0.15) is 11.4 Å². The van der Waals surface area contributed by atoms with E-state index < -0.39 is 5.60 Å². The molecule has 0 saturated carbocycles. The zero-order valence-corrected chi connectivity index (χ0v) is 30.8. The Morgan fingerprint density at radius 2 is 1.70 bits per heavy atom. The first-order valence-electron chi connectivity index (χ1n) is 17.6. The van der Waals surface area contributed by atoms with Crippen LogP contribution in [0.15, 0.2) is 54.2 Å². The van der Waals surface area contributed by atoms with Crippen LogP contribution in [0.1, 0.15) is 124 Å². The van der Waals surface area contributed by atoms with Crippen molar-refractivity contribution in [2.24, 2.45) is 5.92 Å². The van der Waals surface area contributed by atoms with Gasteiger partial charge in [-0.25, -0.2) is 4.79 Å². The lowest BCUT2D eigenvalue weighted by molar-refractivity contribution is -0.113. The molecule has 258 valence electrons. The molecule has 0 aliphatic rings. The molecule has 2 rings (SSSR count). The average Bonchev–Trinajstić information content (AvgIpc) is 3.01. The Hall–Kier alpha value is -3.28. The second kappa shape index (κ2) is 22.3. The molecule has 1 N–H and O–H groups in total. The maximum atomic E-state index is 12.0. The number of amides is 1. The molecule has 1 atom stereocenters. The molecular weight excluding hydrogens is 572 g/mol. The van der Waals surface area contributed by atoms with Crippen molar-refractivity contribution in [3.8, 4) is 5.75 Å². The zero-order valence-electron chi connectivity index (χ0n) is 30.8. The first kappa shape index (κ1) is 40.7. The van der Waals surface area contributed by atoms with Gasteiger partial charge in [-0.3, -0.25) is 4.79 Å². The van der Waals surface area contributed by atoms with Gasteiger partial charge in [0.2, 0.25) is 0 Å². The highest BCUT2D eigenvalue weighted by Gasteiger charge is 2.21. The van der Waals surface area contributed by atoms with E-state index in [1.54, 1.807) is 6.92 Å². The number of unbranched alkanes of at least 4 members (excludes halogenated alkanes) is 2. The number of ether oxygens (including phenoxy) is 2. The highest BCUT2D eigenvalue weighted by Crippen LogP contribution is 2.21. The highest BCUT2D eigenvalue weighted by molar-refractivity contribution is 5.96. The molecule has 46 heavy (non-hydrogen) atoms. The van der Waals surface area contributed by atoms with Gasteiger partial charge in [-0.15, -0.1) is 0 Å². The normalized spacial score (nSPS) is 12.1. The van der Waals surface area contributed by atoms with Crippen LogP contribution in [0.5, 0.6) is 5.75 Å². The second-order valence-electron chi connectivity index (χ2n) is 13.3. The number of Topliss-reactive ketones (excluding diaryl/α,β-unsaturated/α-hetero) is 1. The number of carbonyl (C=O) groups excluding carboxylic acids is 2. The van der Waals surface area contributed by atoms with Crippen LogP contribution in [0.3, 0.4) is 0 Å². The van der Waals surface area contributed by atoms with Crippen LogP contribution < -0.4 is 10.1 Å². The molecule has 6 nitrogen and oxygen atoms in total. The molecule has 0 saturated heterocycles. The Morgan fingerprint density at radius 1 is 0.957 bits per heavy atom. The number of allylic oxidation sites excluding steroid dienone is 2. The van der Waals surface area contributed by atoms with Gasteiger partial charge in [-0.2, -0.15) is 0 Å². The molecule has 0 aliphatic carbocycles. The minimum absolute atomic E-state index is 0.0754. The van der Waals surface area contributed by atoms with Gasteiger partial charge in [0, 0.05) is 25.7 Å². The van der Waals surface area contributed by atoms with Crippen molar-refractivity contribution in [3.63, 3.8) is 0 Å². The van der Waals surface area contributed by atoms with Crippen LogP contribution in [0.2, 0.25) is 0 Å². The summed E-state index contributed by atoms with van der Waals surface area (Å²) in [5.74, 6) is 1.70. The van der Waals surface area contributed by atoms with E-state index in [2.05, 4.69) is 83.3 Å². The largest absolute Gasteiger partial charge is 0.494 e. The summed E-state index contributed by atoms with van der Waals surface area (Å²) in [6, 6.07) is 14.8. The summed E-state index contributed by atoms with van der Waals surface area (Å²) in [5, 5.41) is 3.30.